The van der Waals surface area contributed by atoms with Gasteiger partial charge in [0.2, 0.25) is 0 Å². The Hall–Kier alpha value is -0.910. The van der Waals surface area contributed by atoms with Crippen LogP contribution in [0.3, 0.4) is 0 Å². The predicted molar refractivity (Wildman–Crippen MR) is 57.3 cm³/mol. The summed E-state index contributed by atoms with van der Waals surface area (Å²) < 4.78 is 4.92. The van der Waals surface area contributed by atoms with Crippen molar-refractivity contribution in [1.29, 1.82) is 0 Å². The number of carboxylic acid groups (broad SMARTS) is 1. The maximum Gasteiger partial charge on any atom is 0.336 e. The molecule has 1 aromatic heterocycles. The van der Waals surface area contributed by atoms with Crippen LogP contribution in [-0.2, 0) is 4.74 Å². The van der Waals surface area contributed by atoms with E-state index in [0.717, 1.165) is 0 Å². The Morgan fingerprint density at radius 2 is 2.33 bits per heavy atom. The Morgan fingerprint density at radius 3 is 2.87 bits per heavy atom. The Balaban J connectivity index is 2.85. The number of thiophene rings is 1. The molecule has 15 heavy (non-hydrogen) atoms. The van der Waals surface area contributed by atoms with Crippen LogP contribution in [0.4, 0.5) is 0 Å². The molecule has 2 atom stereocenters. The summed E-state index contributed by atoms with van der Waals surface area (Å²) in [6.45, 7) is 2.22. The van der Waals surface area contributed by atoms with Crippen molar-refractivity contribution in [3.63, 3.8) is 0 Å². The average Bonchev–Trinajstić information content (AvgIpc) is 2.65. The summed E-state index contributed by atoms with van der Waals surface area (Å²) in [7, 11) is 1.55. The van der Waals surface area contributed by atoms with Crippen molar-refractivity contribution in [3.8, 4) is 0 Å². The highest BCUT2D eigenvalue weighted by atomic mass is 32.1. The van der Waals surface area contributed by atoms with Gasteiger partial charge in [0.1, 0.15) is 0 Å². The van der Waals surface area contributed by atoms with Gasteiger partial charge in [0, 0.05) is 17.9 Å². The maximum absolute atomic E-state index is 10.8. The molecular weight excluding hydrogens is 216 g/mol. The van der Waals surface area contributed by atoms with Gasteiger partial charge in [-0.25, -0.2) is 4.79 Å². The summed E-state index contributed by atoms with van der Waals surface area (Å²) in [5.41, 5.74) is 0.176. The van der Waals surface area contributed by atoms with Crippen molar-refractivity contribution in [2.24, 2.45) is 5.92 Å². The number of aliphatic hydroxyl groups is 1. The van der Waals surface area contributed by atoms with Gasteiger partial charge < -0.3 is 14.9 Å². The lowest BCUT2D eigenvalue weighted by atomic mass is 10.0. The number of ether oxygens (including phenoxy) is 1. The van der Waals surface area contributed by atoms with Crippen molar-refractivity contribution in [3.05, 3.63) is 21.9 Å². The molecule has 0 spiro atoms. The molecule has 84 valence electrons. The van der Waals surface area contributed by atoms with E-state index < -0.39 is 12.1 Å². The third kappa shape index (κ3) is 2.77. The van der Waals surface area contributed by atoms with Crippen LogP contribution in [0.25, 0.3) is 0 Å². The minimum absolute atomic E-state index is 0.119. The third-order valence-electron chi connectivity index (χ3n) is 2.16. The SMILES string of the molecule is COCC(C)C(O)c1sccc1C(=O)O. The third-order valence-corrected chi connectivity index (χ3v) is 3.15. The van der Waals surface area contributed by atoms with E-state index in [-0.39, 0.29) is 11.5 Å². The smallest absolute Gasteiger partial charge is 0.336 e. The monoisotopic (exact) mass is 230 g/mol. The first kappa shape index (κ1) is 12.2. The molecule has 2 N–H and O–H groups in total. The summed E-state index contributed by atoms with van der Waals surface area (Å²) in [6, 6.07) is 1.51. The molecule has 0 fully saturated rings. The van der Waals surface area contributed by atoms with Gasteiger partial charge in [0.05, 0.1) is 18.3 Å². The molecule has 0 amide bonds. The van der Waals surface area contributed by atoms with Gasteiger partial charge in [-0.1, -0.05) is 6.92 Å². The van der Waals surface area contributed by atoms with E-state index in [9.17, 15) is 9.90 Å². The molecule has 0 aromatic carbocycles. The second kappa shape index (κ2) is 5.25. The van der Waals surface area contributed by atoms with Gasteiger partial charge in [-0.05, 0) is 11.4 Å². The highest BCUT2D eigenvalue weighted by molar-refractivity contribution is 7.10. The molecular formula is C10H14O4S. The van der Waals surface area contributed by atoms with E-state index in [2.05, 4.69) is 0 Å². The highest BCUT2D eigenvalue weighted by Crippen LogP contribution is 2.29. The van der Waals surface area contributed by atoms with Crippen molar-refractivity contribution in [2.45, 2.75) is 13.0 Å². The largest absolute Gasteiger partial charge is 0.478 e. The quantitative estimate of drug-likeness (QED) is 0.809. The molecule has 0 bridgehead atoms. The lowest BCUT2D eigenvalue weighted by Gasteiger charge is -2.17. The van der Waals surface area contributed by atoms with Crippen LogP contribution in [0.15, 0.2) is 11.4 Å². The van der Waals surface area contributed by atoms with E-state index in [4.69, 9.17) is 9.84 Å². The molecule has 1 aromatic rings. The van der Waals surface area contributed by atoms with Crippen LogP contribution in [0, 0.1) is 5.92 Å². The number of carboxylic acids is 1. The maximum atomic E-state index is 10.8. The molecule has 1 rings (SSSR count). The molecule has 4 nitrogen and oxygen atoms in total. The summed E-state index contributed by atoms with van der Waals surface area (Å²) >= 11 is 1.25. The van der Waals surface area contributed by atoms with Crippen molar-refractivity contribution >= 4 is 17.3 Å². The molecule has 0 aliphatic heterocycles. The average molecular weight is 230 g/mol. The van der Waals surface area contributed by atoms with E-state index in [1.54, 1.807) is 12.5 Å². The van der Waals surface area contributed by atoms with Crippen molar-refractivity contribution in [2.75, 3.05) is 13.7 Å². The van der Waals surface area contributed by atoms with Gasteiger partial charge >= 0.3 is 5.97 Å². The lowest BCUT2D eigenvalue weighted by Crippen LogP contribution is -2.15. The van der Waals surface area contributed by atoms with Gasteiger partial charge in [-0.3, -0.25) is 0 Å². The summed E-state index contributed by atoms with van der Waals surface area (Å²) in [5.74, 6) is -1.12. The first-order valence-electron chi connectivity index (χ1n) is 4.55. The zero-order valence-electron chi connectivity index (χ0n) is 8.64. The standard InChI is InChI=1S/C10H14O4S/c1-6(5-14-2)8(11)9-7(10(12)13)3-4-15-9/h3-4,6,8,11H,5H2,1-2H3,(H,12,13). The van der Waals surface area contributed by atoms with Crippen LogP contribution in [-0.4, -0.2) is 29.9 Å². The second-order valence-electron chi connectivity index (χ2n) is 3.38. The van der Waals surface area contributed by atoms with Gasteiger partial charge in [0.25, 0.3) is 0 Å². The minimum Gasteiger partial charge on any atom is -0.478 e. The Morgan fingerprint density at radius 1 is 1.67 bits per heavy atom. The van der Waals surface area contributed by atoms with Gasteiger partial charge in [0.15, 0.2) is 0 Å². The Bertz CT molecular complexity index is 334. The highest BCUT2D eigenvalue weighted by Gasteiger charge is 2.23. The first-order chi connectivity index (χ1) is 7.07. The molecule has 0 aliphatic rings. The summed E-state index contributed by atoms with van der Waals surface area (Å²) in [4.78, 5) is 11.3. The predicted octanol–water partition coefficient (Wildman–Crippen LogP) is 1.76. The topological polar surface area (TPSA) is 66.8 Å². The van der Waals surface area contributed by atoms with Crippen molar-refractivity contribution in [1.82, 2.24) is 0 Å². The molecule has 5 heteroatoms. The fourth-order valence-electron chi connectivity index (χ4n) is 1.34. The molecule has 0 radical (unpaired) electrons. The van der Waals surface area contributed by atoms with Crippen molar-refractivity contribution < 1.29 is 19.7 Å². The van der Waals surface area contributed by atoms with Crippen LogP contribution >= 0.6 is 11.3 Å². The fraction of sp³-hybridized carbons (Fsp3) is 0.500. The molecule has 0 saturated carbocycles. The summed E-state index contributed by atoms with van der Waals surface area (Å²) in [6.07, 6.45) is -0.781. The van der Waals surface area contributed by atoms with E-state index >= 15 is 0 Å². The van der Waals surface area contributed by atoms with Crippen LogP contribution in [0.2, 0.25) is 0 Å². The van der Waals surface area contributed by atoms with Crippen LogP contribution in [0.5, 0.6) is 0 Å². The number of rotatable bonds is 5. The zero-order valence-corrected chi connectivity index (χ0v) is 9.45. The fourth-order valence-corrected chi connectivity index (χ4v) is 2.34. The molecule has 1 heterocycles. The Labute approximate surface area is 92.1 Å². The van der Waals surface area contributed by atoms with Gasteiger partial charge in [-0.2, -0.15) is 0 Å². The summed E-state index contributed by atoms with van der Waals surface area (Å²) in [5, 5.41) is 20.5. The van der Waals surface area contributed by atoms with E-state index in [1.807, 2.05) is 6.92 Å². The van der Waals surface area contributed by atoms with E-state index in [1.165, 1.54) is 17.4 Å². The normalized spacial score (nSPS) is 14.9. The molecule has 2 unspecified atom stereocenters. The number of aromatic carboxylic acids is 1. The second-order valence-corrected chi connectivity index (χ2v) is 4.33. The number of aliphatic hydroxyl groups excluding tert-OH is 1. The van der Waals surface area contributed by atoms with Crippen LogP contribution in [0.1, 0.15) is 28.3 Å². The number of hydrogen-bond donors (Lipinski definition) is 2. The number of methoxy groups -OCH3 is 1. The first-order valence-corrected chi connectivity index (χ1v) is 5.43. The lowest BCUT2D eigenvalue weighted by molar-refractivity contribution is 0.0553. The zero-order chi connectivity index (χ0) is 11.4. The Kier molecular flexibility index (Phi) is 4.26. The van der Waals surface area contributed by atoms with Crippen LogP contribution < -0.4 is 0 Å². The van der Waals surface area contributed by atoms with E-state index in [0.29, 0.717) is 11.5 Å². The molecule has 0 aliphatic carbocycles. The molecule has 0 saturated heterocycles. The number of carbonyl (C=O) groups is 1. The minimum atomic E-state index is -1.00. The number of hydrogen-bond acceptors (Lipinski definition) is 4. The van der Waals surface area contributed by atoms with Gasteiger partial charge in [-0.15, -0.1) is 11.3 Å².